The number of aromatic nitrogens is 3. The Balaban J connectivity index is 1.94. The minimum absolute atomic E-state index is 0.0429. The molecule has 40 heavy (non-hydrogen) atoms. The van der Waals surface area contributed by atoms with Crippen LogP contribution in [0.2, 0.25) is 35.7 Å². The first kappa shape index (κ1) is 31.9. The number of benzene rings is 1. The number of hydrogen-bond donors (Lipinski definition) is 0. The Morgan fingerprint density at radius 3 is 2.60 bits per heavy atom. The molecule has 0 aliphatic rings. The zero-order valence-electron chi connectivity index (χ0n) is 22.4. The number of nitrogens with zero attached hydrogens (tertiary/aromatic N) is 7. The zero-order chi connectivity index (χ0) is 29.3. The Morgan fingerprint density at radius 1 is 1.18 bits per heavy atom. The van der Waals surface area contributed by atoms with Crippen molar-refractivity contribution in [3.63, 3.8) is 0 Å². The predicted molar refractivity (Wildman–Crippen MR) is 161 cm³/mol. The van der Waals surface area contributed by atoms with E-state index in [0.29, 0.717) is 23.1 Å². The SMILES string of the molecule is COc1nc(SCC(N=[N+]=[N-])c2ccccn2)cnc1N(COCC[Si](C)(C)C)S(=O)(=O)c1cccc(Cl)c1Cl. The van der Waals surface area contributed by atoms with Gasteiger partial charge < -0.3 is 9.47 Å². The molecule has 0 radical (unpaired) electrons. The molecule has 1 atom stereocenters. The zero-order valence-corrected chi connectivity index (χ0v) is 26.5. The number of pyridine rings is 1. The molecule has 1 unspecified atom stereocenters. The Bertz CT molecular complexity index is 1460. The smallest absolute Gasteiger partial charge is 0.269 e. The summed E-state index contributed by atoms with van der Waals surface area (Å²) < 4.78 is 39.9. The molecule has 0 saturated carbocycles. The van der Waals surface area contributed by atoms with Crippen LogP contribution >= 0.6 is 35.0 Å². The van der Waals surface area contributed by atoms with Gasteiger partial charge in [-0.15, -0.1) is 11.8 Å². The van der Waals surface area contributed by atoms with E-state index in [9.17, 15) is 8.42 Å². The maximum atomic E-state index is 13.8. The summed E-state index contributed by atoms with van der Waals surface area (Å²) in [5.41, 5.74) is 9.61. The molecule has 0 fully saturated rings. The van der Waals surface area contributed by atoms with E-state index in [1.165, 1.54) is 43.3 Å². The van der Waals surface area contributed by atoms with Crippen molar-refractivity contribution in [1.82, 2.24) is 15.0 Å². The van der Waals surface area contributed by atoms with Crippen molar-refractivity contribution in [2.45, 2.75) is 41.6 Å². The van der Waals surface area contributed by atoms with E-state index in [2.05, 4.69) is 44.6 Å². The van der Waals surface area contributed by atoms with Crippen molar-refractivity contribution in [3.05, 3.63) is 75.0 Å². The number of sulfonamides is 1. The third-order valence-electron chi connectivity index (χ3n) is 5.43. The Hall–Kier alpha value is -2.58. The van der Waals surface area contributed by atoms with Gasteiger partial charge in [-0.05, 0) is 35.8 Å². The second-order valence-corrected chi connectivity index (χ2v) is 18.9. The fraction of sp³-hybridized carbons (Fsp3) is 0.375. The van der Waals surface area contributed by atoms with Crippen LogP contribution in [-0.4, -0.2) is 57.6 Å². The van der Waals surface area contributed by atoms with Gasteiger partial charge in [-0.25, -0.2) is 22.7 Å². The summed E-state index contributed by atoms with van der Waals surface area (Å²) in [7, 11) is -4.35. The topological polar surface area (TPSA) is 143 Å². The first-order chi connectivity index (χ1) is 19.0. The minimum Gasteiger partial charge on any atom is -0.478 e. The first-order valence-electron chi connectivity index (χ1n) is 12.0. The number of halogens is 2. The van der Waals surface area contributed by atoms with E-state index >= 15 is 0 Å². The van der Waals surface area contributed by atoms with E-state index in [4.69, 9.17) is 38.2 Å². The summed E-state index contributed by atoms with van der Waals surface area (Å²) in [4.78, 5) is 15.8. The van der Waals surface area contributed by atoms with Crippen molar-refractivity contribution in [1.29, 1.82) is 0 Å². The summed E-state index contributed by atoms with van der Waals surface area (Å²) in [5, 5.41) is 4.23. The van der Waals surface area contributed by atoms with E-state index in [1.807, 2.05) is 0 Å². The van der Waals surface area contributed by atoms with Gasteiger partial charge in [0.1, 0.15) is 16.7 Å². The van der Waals surface area contributed by atoms with E-state index in [1.54, 1.807) is 24.4 Å². The molecule has 0 bridgehead atoms. The molecule has 3 rings (SSSR count). The summed E-state index contributed by atoms with van der Waals surface area (Å²) in [6.07, 6.45) is 3.03. The number of rotatable bonds is 14. The number of methoxy groups -OCH3 is 1. The van der Waals surface area contributed by atoms with Crippen LogP contribution in [0.15, 0.2) is 63.8 Å². The summed E-state index contributed by atoms with van der Waals surface area (Å²) in [5.74, 6) is 0.198. The molecule has 3 aromatic rings. The van der Waals surface area contributed by atoms with E-state index in [0.717, 1.165) is 10.3 Å². The third kappa shape index (κ3) is 8.46. The highest BCUT2D eigenvalue weighted by Crippen LogP contribution is 2.36. The number of ether oxygens (including phenoxy) is 2. The summed E-state index contributed by atoms with van der Waals surface area (Å²) in [6.45, 7) is 6.61. The molecule has 0 saturated heterocycles. The number of anilines is 1. The van der Waals surface area contributed by atoms with Crippen LogP contribution in [0.5, 0.6) is 5.88 Å². The van der Waals surface area contributed by atoms with Crippen LogP contribution in [0.3, 0.4) is 0 Å². The van der Waals surface area contributed by atoms with Crippen molar-refractivity contribution >= 4 is 58.9 Å². The maximum absolute atomic E-state index is 13.8. The van der Waals surface area contributed by atoms with Gasteiger partial charge in [0.25, 0.3) is 15.9 Å². The summed E-state index contributed by atoms with van der Waals surface area (Å²) >= 11 is 13.7. The first-order valence-corrected chi connectivity index (χ1v) is 18.9. The quantitative estimate of drug-likeness (QED) is 0.0354. The van der Waals surface area contributed by atoms with Crippen LogP contribution in [0.25, 0.3) is 10.4 Å². The molecule has 0 aliphatic carbocycles. The number of azide groups is 1. The molecular weight excluding hydrogens is 613 g/mol. The van der Waals surface area contributed by atoms with Crippen molar-refractivity contribution < 1.29 is 17.9 Å². The molecule has 214 valence electrons. The number of hydrogen-bond acceptors (Lipinski definition) is 9. The Labute approximate surface area is 248 Å². The van der Waals surface area contributed by atoms with Gasteiger partial charge in [-0.2, -0.15) is 0 Å². The predicted octanol–water partition coefficient (Wildman–Crippen LogP) is 6.84. The summed E-state index contributed by atoms with van der Waals surface area (Å²) in [6, 6.07) is 9.97. The highest BCUT2D eigenvalue weighted by molar-refractivity contribution is 7.99. The van der Waals surface area contributed by atoms with Crippen molar-refractivity contribution in [3.8, 4) is 5.88 Å². The van der Waals surface area contributed by atoms with Gasteiger partial charge in [0.2, 0.25) is 5.82 Å². The molecular formula is C24H29Cl2N7O4S2Si. The molecule has 11 nitrogen and oxygen atoms in total. The maximum Gasteiger partial charge on any atom is 0.269 e. The van der Waals surface area contributed by atoms with Crippen LogP contribution in [0, 0.1) is 0 Å². The molecule has 1 aromatic carbocycles. The second-order valence-electron chi connectivity index (χ2n) is 9.58. The van der Waals surface area contributed by atoms with Gasteiger partial charge in [0, 0.05) is 31.5 Å². The van der Waals surface area contributed by atoms with Crippen molar-refractivity contribution in [2.75, 3.05) is 30.5 Å². The van der Waals surface area contributed by atoms with Crippen LogP contribution < -0.4 is 9.04 Å². The van der Waals surface area contributed by atoms with E-state index in [-0.39, 0.29) is 33.4 Å². The lowest BCUT2D eigenvalue weighted by atomic mass is 10.2. The molecule has 0 spiro atoms. The fourth-order valence-electron chi connectivity index (χ4n) is 3.28. The van der Waals surface area contributed by atoms with Crippen LogP contribution in [0.1, 0.15) is 11.7 Å². The van der Waals surface area contributed by atoms with Gasteiger partial charge in [-0.1, -0.05) is 60.1 Å². The normalized spacial score (nSPS) is 12.4. The monoisotopic (exact) mass is 641 g/mol. The second kappa shape index (κ2) is 14.4. The minimum atomic E-state index is -4.29. The lowest BCUT2D eigenvalue weighted by Gasteiger charge is -2.25. The standard InChI is InChI=1S/C24H29Cl2N7O4S2Si/c1-36-24-23(29-14-21(30-24)38-15-19(31-32-27)18-9-5-6-11-28-18)33(16-37-12-13-40(2,3)4)39(34,35)20-10-7-8-17(25)22(20)26/h5-11,14,19H,12-13,15-16H2,1-4H3. The van der Waals surface area contributed by atoms with Crippen molar-refractivity contribution in [2.24, 2.45) is 5.11 Å². The molecule has 2 heterocycles. The lowest BCUT2D eigenvalue weighted by Crippen LogP contribution is -2.35. The Morgan fingerprint density at radius 2 is 1.95 bits per heavy atom. The lowest BCUT2D eigenvalue weighted by molar-refractivity contribution is 0.155. The van der Waals surface area contributed by atoms with Crippen LogP contribution in [-0.2, 0) is 14.8 Å². The van der Waals surface area contributed by atoms with Gasteiger partial charge in [0.15, 0.2) is 0 Å². The molecule has 2 aromatic heterocycles. The molecule has 16 heteroatoms. The van der Waals surface area contributed by atoms with Gasteiger partial charge in [-0.3, -0.25) is 4.98 Å². The highest BCUT2D eigenvalue weighted by Gasteiger charge is 2.32. The van der Waals surface area contributed by atoms with Gasteiger partial charge >= 0.3 is 0 Å². The average Bonchev–Trinajstić information content (AvgIpc) is 2.92. The molecule has 0 aliphatic heterocycles. The number of thioether (sulfide) groups is 1. The average molecular weight is 643 g/mol. The van der Waals surface area contributed by atoms with E-state index < -0.39 is 24.1 Å². The largest absolute Gasteiger partial charge is 0.478 e. The van der Waals surface area contributed by atoms with Crippen LogP contribution in [0.4, 0.5) is 5.82 Å². The highest BCUT2D eigenvalue weighted by atomic mass is 35.5. The fourth-order valence-corrected chi connectivity index (χ4v) is 6.91. The molecule has 0 amide bonds. The molecule has 0 N–H and O–H groups in total. The Kier molecular flexibility index (Phi) is 11.5. The van der Waals surface area contributed by atoms with Gasteiger partial charge in [0.05, 0.1) is 35.1 Å². The third-order valence-corrected chi connectivity index (χ3v) is 10.8.